The van der Waals surface area contributed by atoms with Gasteiger partial charge in [0.15, 0.2) is 11.6 Å². The quantitative estimate of drug-likeness (QED) is 0.599. The lowest BCUT2D eigenvalue weighted by molar-refractivity contribution is 0.340. The average molecular weight is 199 g/mol. The maximum atomic E-state index is 13.0. The minimum atomic E-state index is -0.777. The molecule has 2 nitrogen and oxygen atoms in total. The summed E-state index contributed by atoms with van der Waals surface area (Å²) in [5, 5.41) is 0. The van der Waals surface area contributed by atoms with Crippen LogP contribution >= 0.6 is 0 Å². The molecule has 0 aliphatic heterocycles. The Hall–Kier alpha value is -1.58. The standard InChI is InChI=1S/C10H11F2NO/c1-2-3-4-14-10-6-9(13)7(11)5-8(10)12/h2-3,5-6H,4,13H2,1H3/b3-2+. The molecule has 14 heavy (non-hydrogen) atoms. The molecule has 0 radical (unpaired) electrons. The summed E-state index contributed by atoms with van der Waals surface area (Å²) >= 11 is 0. The van der Waals surface area contributed by atoms with Crippen LogP contribution in [-0.2, 0) is 0 Å². The van der Waals surface area contributed by atoms with Crippen molar-refractivity contribution >= 4 is 5.69 Å². The normalized spacial score (nSPS) is 10.8. The first-order valence-corrected chi connectivity index (χ1v) is 4.13. The predicted octanol–water partition coefficient (Wildman–Crippen LogP) is 2.50. The van der Waals surface area contributed by atoms with Crippen molar-refractivity contribution in [3.63, 3.8) is 0 Å². The molecule has 0 bridgehead atoms. The van der Waals surface area contributed by atoms with E-state index in [2.05, 4.69) is 0 Å². The fourth-order valence-electron chi connectivity index (χ4n) is 0.890. The second-order valence-electron chi connectivity index (χ2n) is 2.68. The Balaban J connectivity index is 2.81. The second-order valence-corrected chi connectivity index (χ2v) is 2.68. The zero-order valence-electron chi connectivity index (χ0n) is 7.76. The minimum absolute atomic E-state index is 0.0398. The van der Waals surface area contributed by atoms with Crippen molar-refractivity contribution in [2.24, 2.45) is 0 Å². The van der Waals surface area contributed by atoms with Gasteiger partial charge < -0.3 is 10.5 Å². The fourth-order valence-corrected chi connectivity index (χ4v) is 0.890. The Morgan fingerprint density at radius 2 is 2.07 bits per heavy atom. The minimum Gasteiger partial charge on any atom is -0.486 e. The van der Waals surface area contributed by atoms with Crippen molar-refractivity contribution < 1.29 is 13.5 Å². The van der Waals surface area contributed by atoms with E-state index in [4.69, 9.17) is 10.5 Å². The highest BCUT2D eigenvalue weighted by Crippen LogP contribution is 2.22. The number of halogens is 2. The summed E-state index contributed by atoms with van der Waals surface area (Å²) in [5.41, 5.74) is 5.13. The Morgan fingerprint density at radius 1 is 1.36 bits per heavy atom. The van der Waals surface area contributed by atoms with Gasteiger partial charge in [-0.25, -0.2) is 8.78 Å². The molecule has 2 N–H and O–H groups in total. The van der Waals surface area contributed by atoms with E-state index in [1.54, 1.807) is 12.2 Å². The molecule has 0 unspecified atom stereocenters. The van der Waals surface area contributed by atoms with E-state index in [0.717, 1.165) is 6.07 Å². The third kappa shape index (κ3) is 2.45. The van der Waals surface area contributed by atoms with E-state index < -0.39 is 11.6 Å². The smallest absolute Gasteiger partial charge is 0.168 e. The number of benzene rings is 1. The topological polar surface area (TPSA) is 35.2 Å². The van der Waals surface area contributed by atoms with Crippen LogP contribution < -0.4 is 10.5 Å². The SMILES string of the molecule is C/C=C/COc1cc(N)c(F)cc1F. The lowest BCUT2D eigenvalue weighted by atomic mass is 10.3. The number of rotatable bonds is 3. The van der Waals surface area contributed by atoms with Crippen LogP contribution in [-0.4, -0.2) is 6.61 Å². The molecule has 0 spiro atoms. The molecule has 76 valence electrons. The Labute approximate surface area is 81.0 Å². The van der Waals surface area contributed by atoms with Crippen molar-refractivity contribution in [3.8, 4) is 5.75 Å². The monoisotopic (exact) mass is 199 g/mol. The molecular weight excluding hydrogens is 188 g/mol. The first kappa shape index (κ1) is 10.5. The fraction of sp³-hybridized carbons (Fsp3) is 0.200. The van der Waals surface area contributed by atoms with Crippen molar-refractivity contribution in [2.75, 3.05) is 12.3 Å². The molecule has 0 aliphatic carbocycles. The number of allylic oxidation sites excluding steroid dienone is 1. The Bertz CT molecular complexity index is 350. The zero-order chi connectivity index (χ0) is 10.6. The van der Waals surface area contributed by atoms with Gasteiger partial charge in [-0.2, -0.15) is 0 Å². The summed E-state index contributed by atoms with van der Waals surface area (Å²) in [5.74, 6) is -1.57. The van der Waals surface area contributed by atoms with E-state index in [-0.39, 0.29) is 18.0 Å². The number of nitrogens with two attached hydrogens (primary N) is 1. The summed E-state index contributed by atoms with van der Waals surface area (Å²) in [6.45, 7) is 2.05. The maximum absolute atomic E-state index is 13.0. The molecule has 1 aromatic carbocycles. The highest BCUT2D eigenvalue weighted by Gasteiger charge is 2.07. The first-order valence-electron chi connectivity index (χ1n) is 4.13. The summed E-state index contributed by atoms with van der Waals surface area (Å²) < 4.78 is 30.7. The molecule has 0 heterocycles. The van der Waals surface area contributed by atoms with Crippen LogP contribution in [0.1, 0.15) is 6.92 Å². The van der Waals surface area contributed by atoms with Crippen LogP contribution in [0.3, 0.4) is 0 Å². The van der Waals surface area contributed by atoms with Gasteiger partial charge in [0.25, 0.3) is 0 Å². The Morgan fingerprint density at radius 3 is 2.71 bits per heavy atom. The lowest BCUT2D eigenvalue weighted by Crippen LogP contribution is -1.99. The number of nitrogen functional groups attached to an aromatic ring is 1. The number of hydrogen-bond donors (Lipinski definition) is 1. The summed E-state index contributed by atoms with van der Waals surface area (Å²) in [6.07, 6.45) is 3.48. The average Bonchev–Trinajstić information content (AvgIpc) is 2.14. The van der Waals surface area contributed by atoms with Gasteiger partial charge in [-0.05, 0) is 6.92 Å². The van der Waals surface area contributed by atoms with Crippen LogP contribution in [0.2, 0.25) is 0 Å². The van der Waals surface area contributed by atoms with E-state index >= 15 is 0 Å². The molecule has 1 rings (SSSR count). The molecule has 0 saturated carbocycles. The van der Waals surface area contributed by atoms with E-state index in [9.17, 15) is 8.78 Å². The van der Waals surface area contributed by atoms with Gasteiger partial charge >= 0.3 is 0 Å². The molecule has 0 atom stereocenters. The number of hydrogen-bond acceptors (Lipinski definition) is 2. The molecule has 4 heteroatoms. The van der Waals surface area contributed by atoms with Gasteiger partial charge in [0.2, 0.25) is 0 Å². The van der Waals surface area contributed by atoms with Crippen molar-refractivity contribution in [2.45, 2.75) is 6.92 Å². The molecule has 1 aromatic rings. The number of ether oxygens (including phenoxy) is 1. The van der Waals surface area contributed by atoms with Crippen LogP contribution in [0.15, 0.2) is 24.3 Å². The van der Waals surface area contributed by atoms with Gasteiger partial charge in [-0.1, -0.05) is 12.2 Å². The van der Waals surface area contributed by atoms with Gasteiger partial charge in [0, 0.05) is 12.1 Å². The summed E-state index contributed by atoms with van der Waals surface area (Å²) in [6, 6.07) is 1.84. The van der Waals surface area contributed by atoms with E-state index in [1.165, 1.54) is 0 Å². The van der Waals surface area contributed by atoms with Crippen LogP contribution in [0, 0.1) is 11.6 Å². The molecule has 0 saturated heterocycles. The van der Waals surface area contributed by atoms with Crippen molar-refractivity contribution in [1.82, 2.24) is 0 Å². The zero-order valence-corrected chi connectivity index (χ0v) is 7.76. The second kappa shape index (κ2) is 4.60. The predicted molar refractivity (Wildman–Crippen MR) is 51.1 cm³/mol. The highest BCUT2D eigenvalue weighted by molar-refractivity contribution is 5.46. The largest absolute Gasteiger partial charge is 0.486 e. The summed E-state index contributed by atoms with van der Waals surface area (Å²) in [7, 11) is 0. The third-order valence-corrected chi connectivity index (χ3v) is 1.62. The van der Waals surface area contributed by atoms with Crippen LogP contribution in [0.5, 0.6) is 5.75 Å². The molecule has 0 amide bonds. The Kier molecular flexibility index (Phi) is 3.45. The molecule has 0 fully saturated rings. The van der Waals surface area contributed by atoms with Crippen molar-refractivity contribution in [3.05, 3.63) is 35.9 Å². The van der Waals surface area contributed by atoms with Gasteiger partial charge in [0.1, 0.15) is 12.4 Å². The molecule has 0 aliphatic rings. The summed E-state index contributed by atoms with van der Waals surface area (Å²) in [4.78, 5) is 0. The molecule has 0 aromatic heterocycles. The molecular formula is C10H11F2NO. The van der Waals surface area contributed by atoms with Crippen LogP contribution in [0.4, 0.5) is 14.5 Å². The van der Waals surface area contributed by atoms with E-state index in [1.807, 2.05) is 6.92 Å². The van der Waals surface area contributed by atoms with Gasteiger partial charge in [0.05, 0.1) is 5.69 Å². The van der Waals surface area contributed by atoms with Gasteiger partial charge in [-0.15, -0.1) is 0 Å². The first-order chi connectivity index (χ1) is 6.65. The van der Waals surface area contributed by atoms with Gasteiger partial charge in [-0.3, -0.25) is 0 Å². The van der Waals surface area contributed by atoms with E-state index in [0.29, 0.717) is 6.07 Å². The number of anilines is 1. The lowest BCUT2D eigenvalue weighted by Gasteiger charge is -2.05. The maximum Gasteiger partial charge on any atom is 0.168 e. The third-order valence-electron chi connectivity index (χ3n) is 1.62. The van der Waals surface area contributed by atoms with Crippen LogP contribution in [0.25, 0.3) is 0 Å². The highest BCUT2D eigenvalue weighted by atomic mass is 19.1. The van der Waals surface area contributed by atoms with Crippen molar-refractivity contribution in [1.29, 1.82) is 0 Å².